The fraction of sp³-hybridized carbons (Fsp3) is 0.235. The molecular formula is C17H17Cl2NO2. The first-order chi connectivity index (χ1) is 10.3. The van der Waals surface area contributed by atoms with E-state index in [0.717, 1.165) is 11.1 Å². The number of carbonyl (C=O) groups is 1. The van der Waals surface area contributed by atoms with Crippen LogP contribution in [-0.2, 0) is 4.79 Å². The number of amides is 1. The van der Waals surface area contributed by atoms with Crippen LogP contribution in [0.2, 0.25) is 10.0 Å². The quantitative estimate of drug-likeness (QED) is 0.850. The molecule has 0 aliphatic rings. The number of hydrogen-bond acceptors (Lipinski definition) is 2. The SMILES string of the molecule is Cc1cc(C)cc(O[C@@H](C)C(=O)Nc2ccc(Cl)cc2Cl)c1. The van der Waals surface area contributed by atoms with Crippen LogP contribution in [0.15, 0.2) is 36.4 Å². The van der Waals surface area contributed by atoms with Crippen molar-refractivity contribution in [3.8, 4) is 5.75 Å². The molecule has 2 aromatic carbocycles. The van der Waals surface area contributed by atoms with Crippen LogP contribution in [0.1, 0.15) is 18.1 Å². The molecular weight excluding hydrogens is 321 g/mol. The maximum atomic E-state index is 12.2. The lowest BCUT2D eigenvalue weighted by Crippen LogP contribution is -2.30. The van der Waals surface area contributed by atoms with Crippen LogP contribution < -0.4 is 10.1 Å². The van der Waals surface area contributed by atoms with Gasteiger partial charge in [0.2, 0.25) is 0 Å². The normalized spacial score (nSPS) is 11.9. The van der Waals surface area contributed by atoms with Crippen molar-refractivity contribution in [2.24, 2.45) is 0 Å². The van der Waals surface area contributed by atoms with Crippen molar-refractivity contribution < 1.29 is 9.53 Å². The van der Waals surface area contributed by atoms with Crippen molar-refractivity contribution in [3.05, 3.63) is 57.6 Å². The minimum absolute atomic E-state index is 0.275. The number of nitrogens with one attached hydrogen (secondary N) is 1. The van der Waals surface area contributed by atoms with Gasteiger partial charge in [-0.1, -0.05) is 29.3 Å². The van der Waals surface area contributed by atoms with E-state index in [1.54, 1.807) is 25.1 Å². The summed E-state index contributed by atoms with van der Waals surface area (Å²) in [5.41, 5.74) is 2.68. The Bertz CT molecular complexity index is 681. The minimum Gasteiger partial charge on any atom is -0.481 e. The van der Waals surface area contributed by atoms with Crippen molar-refractivity contribution >= 4 is 34.8 Å². The molecule has 22 heavy (non-hydrogen) atoms. The second-order valence-electron chi connectivity index (χ2n) is 5.20. The van der Waals surface area contributed by atoms with Gasteiger partial charge >= 0.3 is 0 Å². The van der Waals surface area contributed by atoms with Gasteiger partial charge in [0.25, 0.3) is 5.91 Å². The Balaban J connectivity index is 2.05. The summed E-state index contributed by atoms with van der Waals surface area (Å²) < 4.78 is 5.69. The molecule has 0 aromatic heterocycles. The van der Waals surface area contributed by atoms with E-state index in [4.69, 9.17) is 27.9 Å². The monoisotopic (exact) mass is 337 g/mol. The van der Waals surface area contributed by atoms with Crippen molar-refractivity contribution in [3.63, 3.8) is 0 Å². The molecule has 0 unspecified atom stereocenters. The molecule has 0 saturated heterocycles. The molecule has 0 saturated carbocycles. The summed E-state index contributed by atoms with van der Waals surface area (Å²) in [6, 6.07) is 10.7. The van der Waals surface area contributed by atoms with E-state index in [2.05, 4.69) is 5.32 Å². The van der Waals surface area contributed by atoms with Gasteiger partial charge in [0.05, 0.1) is 10.7 Å². The maximum Gasteiger partial charge on any atom is 0.265 e. The van der Waals surface area contributed by atoms with Crippen LogP contribution in [0.4, 0.5) is 5.69 Å². The highest BCUT2D eigenvalue weighted by atomic mass is 35.5. The zero-order valence-corrected chi connectivity index (χ0v) is 14.1. The van der Waals surface area contributed by atoms with Gasteiger partial charge in [0.1, 0.15) is 5.75 Å². The second-order valence-corrected chi connectivity index (χ2v) is 6.04. The molecule has 1 atom stereocenters. The highest BCUT2D eigenvalue weighted by Crippen LogP contribution is 2.26. The van der Waals surface area contributed by atoms with Crippen molar-refractivity contribution in [1.82, 2.24) is 0 Å². The van der Waals surface area contributed by atoms with Crippen LogP contribution in [0.25, 0.3) is 0 Å². The number of benzene rings is 2. The number of aryl methyl sites for hydroxylation is 2. The first-order valence-electron chi connectivity index (χ1n) is 6.86. The van der Waals surface area contributed by atoms with Crippen molar-refractivity contribution in [1.29, 1.82) is 0 Å². The maximum absolute atomic E-state index is 12.2. The molecule has 2 rings (SSSR count). The van der Waals surface area contributed by atoms with Crippen LogP contribution in [0.5, 0.6) is 5.75 Å². The third kappa shape index (κ3) is 4.39. The van der Waals surface area contributed by atoms with E-state index >= 15 is 0 Å². The molecule has 5 heteroatoms. The summed E-state index contributed by atoms with van der Waals surface area (Å²) in [6.07, 6.45) is -0.645. The van der Waals surface area contributed by atoms with Crippen LogP contribution in [-0.4, -0.2) is 12.0 Å². The van der Waals surface area contributed by atoms with E-state index in [0.29, 0.717) is 21.5 Å². The Hall–Kier alpha value is -1.71. The summed E-state index contributed by atoms with van der Waals surface area (Å²) in [5.74, 6) is 0.394. The molecule has 0 radical (unpaired) electrons. The van der Waals surface area contributed by atoms with E-state index in [-0.39, 0.29) is 5.91 Å². The lowest BCUT2D eigenvalue weighted by atomic mass is 10.1. The van der Waals surface area contributed by atoms with Gasteiger partial charge in [0.15, 0.2) is 6.10 Å². The van der Waals surface area contributed by atoms with Gasteiger partial charge in [-0.25, -0.2) is 0 Å². The molecule has 0 bridgehead atoms. The third-order valence-corrected chi connectivity index (χ3v) is 3.61. The summed E-state index contributed by atoms with van der Waals surface area (Å²) in [7, 11) is 0. The van der Waals surface area contributed by atoms with Gasteiger partial charge in [-0.05, 0) is 62.2 Å². The first-order valence-corrected chi connectivity index (χ1v) is 7.61. The number of anilines is 1. The smallest absolute Gasteiger partial charge is 0.265 e. The minimum atomic E-state index is -0.645. The second kappa shape index (κ2) is 7.03. The van der Waals surface area contributed by atoms with Gasteiger partial charge in [-0.3, -0.25) is 4.79 Å². The molecule has 0 heterocycles. The first kappa shape index (κ1) is 16.7. The summed E-state index contributed by atoms with van der Waals surface area (Å²) in [6.45, 7) is 5.66. The molecule has 0 aliphatic carbocycles. The fourth-order valence-corrected chi connectivity index (χ4v) is 2.54. The molecule has 0 fully saturated rings. The van der Waals surface area contributed by atoms with Gasteiger partial charge < -0.3 is 10.1 Å². The molecule has 116 valence electrons. The summed E-state index contributed by atoms with van der Waals surface area (Å²) in [4.78, 5) is 12.2. The average Bonchev–Trinajstić information content (AvgIpc) is 2.40. The Labute approximate surface area is 140 Å². The number of hydrogen-bond donors (Lipinski definition) is 1. The lowest BCUT2D eigenvalue weighted by molar-refractivity contribution is -0.122. The van der Waals surface area contributed by atoms with E-state index in [1.165, 1.54) is 0 Å². The van der Waals surface area contributed by atoms with Crippen molar-refractivity contribution in [2.45, 2.75) is 26.9 Å². The van der Waals surface area contributed by atoms with Gasteiger partial charge in [0, 0.05) is 5.02 Å². The highest BCUT2D eigenvalue weighted by Gasteiger charge is 2.16. The predicted molar refractivity (Wildman–Crippen MR) is 91.1 cm³/mol. The topological polar surface area (TPSA) is 38.3 Å². The summed E-state index contributed by atoms with van der Waals surface area (Å²) >= 11 is 11.9. The molecule has 2 aromatic rings. The average molecular weight is 338 g/mol. The van der Waals surface area contributed by atoms with E-state index in [1.807, 2.05) is 32.0 Å². The Morgan fingerprint density at radius 1 is 1.09 bits per heavy atom. The molecule has 3 nitrogen and oxygen atoms in total. The van der Waals surface area contributed by atoms with Crippen LogP contribution >= 0.6 is 23.2 Å². The fourth-order valence-electron chi connectivity index (χ4n) is 2.08. The number of ether oxygens (including phenoxy) is 1. The lowest BCUT2D eigenvalue weighted by Gasteiger charge is -2.16. The summed E-state index contributed by atoms with van der Waals surface area (Å²) in [5, 5.41) is 3.64. The zero-order valence-electron chi connectivity index (χ0n) is 12.6. The van der Waals surface area contributed by atoms with Gasteiger partial charge in [-0.15, -0.1) is 0 Å². The molecule has 1 amide bonds. The number of halogens is 2. The Morgan fingerprint density at radius 3 is 2.32 bits per heavy atom. The number of carbonyl (C=O) groups excluding carboxylic acids is 1. The largest absolute Gasteiger partial charge is 0.481 e. The molecule has 0 aliphatic heterocycles. The zero-order chi connectivity index (χ0) is 16.3. The van der Waals surface area contributed by atoms with E-state index in [9.17, 15) is 4.79 Å². The van der Waals surface area contributed by atoms with Crippen LogP contribution in [0, 0.1) is 13.8 Å². The predicted octanol–water partition coefficient (Wildman–Crippen LogP) is 5.02. The van der Waals surface area contributed by atoms with E-state index < -0.39 is 6.10 Å². The highest BCUT2D eigenvalue weighted by molar-refractivity contribution is 6.36. The van der Waals surface area contributed by atoms with Crippen molar-refractivity contribution in [2.75, 3.05) is 5.32 Å². The van der Waals surface area contributed by atoms with Gasteiger partial charge in [-0.2, -0.15) is 0 Å². The third-order valence-electron chi connectivity index (χ3n) is 3.07. The van der Waals surface area contributed by atoms with Crippen LogP contribution in [0.3, 0.4) is 0 Å². The molecule has 1 N–H and O–H groups in total. The number of rotatable bonds is 4. The standard InChI is InChI=1S/C17H17Cl2NO2/c1-10-6-11(2)8-14(7-10)22-12(3)17(21)20-16-5-4-13(18)9-15(16)19/h4-9,12H,1-3H3,(H,20,21)/t12-/m0/s1. The molecule has 0 spiro atoms. The Morgan fingerprint density at radius 2 is 1.73 bits per heavy atom. The Kier molecular flexibility index (Phi) is 5.33.